The lowest BCUT2D eigenvalue weighted by Gasteiger charge is -2.22. The van der Waals surface area contributed by atoms with Crippen molar-refractivity contribution in [2.24, 2.45) is 5.10 Å². The summed E-state index contributed by atoms with van der Waals surface area (Å²) in [5, 5.41) is 11.6. The first-order valence-electron chi connectivity index (χ1n) is 10.3. The van der Waals surface area contributed by atoms with Gasteiger partial charge in [0.1, 0.15) is 12.4 Å². The van der Waals surface area contributed by atoms with Gasteiger partial charge in [0.2, 0.25) is 5.91 Å². The van der Waals surface area contributed by atoms with E-state index in [9.17, 15) is 9.59 Å². The lowest BCUT2D eigenvalue weighted by molar-refractivity contribution is -0.120. The van der Waals surface area contributed by atoms with Gasteiger partial charge in [0, 0.05) is 29.7 Å². The molecule has 9 heteroatoms. The SMILES string of the molecule is CNC(=O)N1N=C(c2ccc(NC(=O)COCCCl)cc2)c2cc(OC)ccc2CC1C. The highest BCUT2D eigenvalue weighted by Crippen LogP contribution is 2.27. The molecule has 170 valence electrons. The van der Waals surface area contributed by atoms with Gasteiger partial charge in [0.25, 0.3) is 0 Å². The third-order valence-corrected chi connectivity index (χ3v) is 5.19. The molecule has 3 rings (SSSR count). The first-order chi connectivity index (χ1) is 15.5. The van der Waals surface area contributed by atoms with E-state index in [0.717, 1.165) is 16.7 Å². The van der Waals surface area contributed by atoms with E-state index in [1.165, 1.54) is 5.01 Å². The summed E-state index contributed by atoms with van der Waals surface area (Å²) >= 11 is 5.55. The number of alkyl halides is 1. The zero-order valence-electron chi connectivity index (χ0n) is 18.4. The number of urea groups is 1. The second kappa shape index (κ2) is 11.0. The molecule has 0 saturated carbocycles. The summed E-state index contributed by atoms with van der Waals surface area (Å²) in [6.07, 6.45) is 0.649. The first kappa shape index (κ1) is 23.6. The molecule has 1 unspecified atom stereocenters. The number of nitrogens with one attached hydrogen (secondary N) is 2. The van der Waals surface area contributed by atoms with Gasteiger partial charge in [-0.25, -0.2) is 9.80 Å². The fraction of sp³-hybridized carbons (Fsp3) is 0.348. The summed E-state index contributed by atoms with van der Waals surface area (Å²) < 4.78 is 10.6. The van der Waals surface area contributed by atoms with Gasteiger partial charge in [-0.15, -0.1) is 11.6 Å². The van der Waals surface area contributed by atoms with Crippen LogP contribution in [0.4, 0.5) is 10.5 Å². The third-order valence-electron chi connectivity index (χ3n) is 5.03. The number of ether oxygens (including phenoxy) is 2. The van der Waals surface area contributed by atoms with Gasteiger partial charge >= 0.3 is 6.03 Å². The number of fused-ring (bicyclic) bond motifs is 1. The van der Waals surface area contributed by atoms with Crippen LogP contribution in [0.3, 0.4) is 0 Å². The molecular weight excluding hydrogens is 432 g/mol. The maximum Gasteiger partial charge on any atom is 0.337 e. The Morgan fingerprint density at radius 3 is 2.62 bits per heavy atom. The quantitative estimate of drug-likeness (QED) is 0.492. The van der Waals surface area contributed by atoms with Crippen molar-refractivity contribution in [3.63, 3.8) is 0 Å². The molecule has 0 aromatic heterocycles. The van der Waals surface area contributed by atoms with Crippen LogP contribution in [0.25, 0.3) is 0 Å². The van der Waals surface area contributed by atoms with E-state index in [0.29, 0.717) is 36.1 Å². The van der Waals surface area contributed by atoms with Gasteiger partial charge in [-0.2, -0.15) is 5.10 Å². The number of carbonyl (C=O) groups excluding carboxylic acids is 2. The molecule has 2 aromatic carbocycles. The van der Waals surface area contributed by atoms with Crippen LogP contribution in [0, 0.1) is 0 Å². The zero-order valence-corrected chi connectivity index (χ0v) is 19.1. The Bertz CT molecular complexity index is 994. The number of hydrogen-bond donors (Lipinski definition) is 2. The standard InChI is InChI=1S/C23H27ClN4O4/c1-15-12-17-6-9-19(31-3)13-20(17)22(27-28(15)23(30)25-2)16-4-7-18(8-5-16)26-21(29)14-32-11-10-24/h4-9,13,15H,10-12,14H2,1-3H3,(H,25,30)(H,26,29). The van der Waals surface area contributed by atoms with E-state index in [1.807, 2.05) is 37.3 Å². The lowest BCUT2D eigenvalue weighted by Crippen LogP contribution is -2.41. The molecule has 0 spiro atoms. The molecule has 0 radical (unpaired) electrons. The molecule has 0 saturated heterocycles. The van der Waals surface area contributed by atoms with E-state index < -0.39 is 0 Å². The Morgan fingerprint density at radius 1 is 1.22 bits per heavy atom. The van der Waals surface area contributed by atoms with Crippen LogP contribution < -0.4 is 15.4 Å². The topological polar surface area (TPSA) is 92.3 Å². The molecule has 2 aromatic rings. The highest BCUT2D eigenvalue weighted by molar-refractivity contribution is 6.18. The number of benzene rings is 2. The average Bonchev–Trinajstić information content (AvgIpc) is 2.94. The molecule has 3 amide bonds. The number of methoxy groups -OCH3 is 1. The predicted octanol–water partition coefficient (Wildman–Crippen LogP) is 3.23. The molecule has 0 fully saturated rings. The van der Waals surface area contributed by atoms with Crippen molar-refractivity contribution in [1.82, 2.24) is 10.3 Å². The average molecular weight is 459 g/mol. The maximum absolute atomic E-state index is 12.5. The number of halogens is 1. The van der Waals surface area contributed by atoms with Crippen molar-refractivity contribution in [3.8, 4) is 5.75 Å². The number of carbonyl (C=O) groups is 2. The van der Waals surface area contributed by atoms with Gasteiger partial charge in [-0.1, -0.05) is 18.2 Å². The fourth-order valence-electron chi connectivity index (χ4n) is 3.45. The van der Waals surface area contributed by atoms with Crippen molar-refractivity contribution in [1.29, 1.82) is 0 Å². The van der Waals surface area contributed by atoms with Crippen LogP contribution in [0.2, 0.25) is 0 Å². The summed E-state index contributed by atoms with van der Waals surface area (Å²) in [6.45, 7) is 2.21. The number of hydrazone groups is 1. The maximum atomic E-state index is 12.5. The molecule has 2 N–H and O–H groups in total. The van der Waals surface area contributed by atoms with Crippen molar-refractivity contribution in [2.75, 3.05) is 38.6 Å². The molecule has 8 nitrogen and oxygen atoms in total. The number of rotatable bonds is 7. The Kier molecular flexibility index (Phi) is 8.08. The molecular formula is C23H27ClN4O4. The summed E-state index contributed by atoms with van der Waals surface area (Å²) in [7, 11) is 3.20. The second-order valence-electron chi connectivity index (χ2n) is 7.29. The van der Waals surface area contributed by atoms with E-state index in [1.54, 1.807) is 26.3 Å². The Balaban J connectivity index is 1.94. The minimum atomic E-state index is -0.282. The minimum Gasteiger partial charge on any atom is -0.497 e. The summed E-state index contributed by atoms with van der Waals surface area (Å²) in [5.41, 5.74) is 4.05. The Hall–Kier alpha value is -3.10. The van der Waals surface area contributed by atoms with Crippen molar-refractivity contribution in [3.05, 3.63) is 59.2 Å². The normalized spacial score (nSPS) is 15.3. The highest BCUT2D eigenvalue weighted by Gasteiger charge is 2.27. The van der Waals surface area contributed by atoms with Gasteiger partial charge in [0.15, 0.2) is 0 Å². The van der Waals surface area contributed by atoms with Crippen LogP contribution in [-0.2, 0) is 16.0 Å². The third kappa shape index (κ3) is 5.57. The van der Waals surface area contributed by atoms with Crippen LogP contribution in [0.5, 0.6) is 5.75 Å². The fourth-order valence-corrected chi connectivity index (χ4v) is 3.56. The van der Waals surface area contributed by atoms with Crippen molar-refractivity contribution in [2.45, 2.75) is 19.4 Å². The zero-order chi connectivity index (χ0) is 23.1. The highest BCUT2D eigenvalue weighted by atomic mass is 35.5. The molecule has 1 heterocycles. The van der Waals surface area contributed by atoms with E-state index in [2.05, 4.69) is 10.6 Å². The smallest absolute Gasteiger partial charge is 0.337 e. The van der Waals surface area contributed by atoms with Crippen LogP contribution >= 0.6 is 11.6 Å². The number of nitrogens with zero attached hydrogens (tertiary/aromatic N) is 2. The van der Waals surface area contributed by atoms with E-state index in [4.69, 9.17) is 26.2 Å². The van der Waals surface area contributed by atoms with Gasteiger partial charge in [0.05, 0.1) is 25.5 Å². The Morgan fingerprint density at radius 2 is 1.97 bits per heavy atom. The molecule has 1 atom stereocenters. The van der Waals surface area contributed by atoms with Crippen molar-refractivity contribution < 1.29 is 19.1 Å². The minimum absolute atomic E-state index is 0.0622. The number of anilines is 1. The molecule has 0 aliphatic carbocycles. The predicted molar refractivity (Wildman–Crippen MR) is 125 cm³/mol. The first-order valence-corrected chi connectivity index (χ1v) is 10.8. The van der Waals surface area contributed by atoms with Crippen LogP contribution in [0.1, 0.15) is 23.6 Å². The number of hydrogen-bond acceptors (Lipinski definition) is 5. The lowest BCUT2D eigenvalue weighted by atomic mass is 9.94. The summed E-state index contributed by atoms with van der Waals surface area (Å²) in [5.74, 6) is 0.782. The largest absolute Gasteiger partial charge is 0.497 e. The van der Waals surface area contributed by atoms with Crippen LogP contribution in [-0.4, -0.2) is 62.0 Å². The van der Waals surface area contributed by atoms with E-state index in [-0.39, 0.29) is 24.6 Å². The van der Waals surface area contributed by atoms with Gasteiger partial charge < -0.3 is 20.1 Å². The molecule has 1 aliphatic rings. The monoisotopic (exact) mass is 458 g/mol. The molecule has 1 aliphatic heterocycles. The van der Waals surface area contributed by atoms with Crippen LogP contribution in [0.15, 0.2) is 47.6 Å². The summed E-state index contributed by atoms with van der Waals surface area (Å²) in [6, 6.07) is 12.7. The molecule has 32 heavy (non-hydrogen) atoms. The molecule has 0 bridgehead atoms. The van der Waals surface area contributed by atoms with Crippen molar-refractivity contribution >= 4 is 34.9 Å². The van der Waals surface area contributed by atoms with E-state index >= 15 is 0 Å². The number of amides is 3. The van der Waals surface area contributed by atoms with Gasteiger partial charge in [-0.3, -0.25) is 4.79 Å². The Labute approximate surface area is 192 Å². The second-order valence-corrected chi connectivity index (χ2v) is 7.67. The summed E-state index contributed by atoms with van der Waals surface area (Å²) in [4.78, 5) is 24.5. The van der Waals surface area contributed by atoms with Gasteiger partial charge in [-0.05, 0) is 43.2 Å².